The van der Waals surface area contributed by atoms with Crippen LogP contribution in [0.15, 0.2) is 18.2 Å². The topological polar surface area (TPSA) is 9.23 Å². The molecule has 59 valence electrons. The summed E-state index contributed by atoms with van der Waals surface area (Å²) in [4.78, 5) is 0. The molecule has 0 aliphatic carbocycles. The number of ether oxygens (including phenoxy) is 1. The third kappa shape index (κ3) is 1.73. The van der Waals surface area contributed by atoms with Crippen LogP contribution in [0.1, 0.15) is 11.1 Å². The Morgan fingerprint density at radius 3 is 2.73 bits per heavy atom. The Labute approximate surface area is 68.0 Å². The number of rotatable bonds is 2. The monoisotopic (exact) mass is 149 g/mol. The Hall–Kier alpha value is -0.980. The smallest absolute Gasteiger partial charge is 0.122 e. The number of benzene rings is 1. The predicted octanol–water partition coefficient (Wildman–Crippen LogP) is 2.52. The minimum absolute atomic E-state index is 0.490. The molecule has 0 spiro atoms. The third-order valence-electron chi connectivity index (χ3n) is 1.81. The first-order valence-corrected chi connectivity index (χ1v) is 3.74. The first kappa shape index (κ1) is 8.12. The molecule has 0 unspecified atom stereocenters. The molecule has 1 heteroatoms. The second kappa shape index (κ2) is 3.42. The molecule has 0 bridgehead atoms. The maximum atomic E-state index is 5.31. The number of hydrogen-bond acceptors (Lipinski definition) is 1. The minimum Gasteiger partial charge on any atom is -0.493 e. The Bertz CT molecular complexity index is 241. The van der Waals surface area contributed by atoms with Crippen LogP contribution in [0.3, 0.4) is 0 Å². The summed E-state index contributed by atoms with van der Waals surface area (Å²) in [6, 6.07) is 6.03. The van der Waals surface area contributed by atoms with Crippen LogP contribution in [-0.4, -0.2) is 6.61 Å². The van der Waals surface area contributed by atoms with Crippen molar-refractivity contribution in [1.82, 2.24) is 0 Å². The van der Waals surface area contributed by atoms with Crippen molar-refractivity contribution < 1.29 is 4.74 Å². The van der Waals surface area contributed by atoms with E-state index in [0.29, 0.717) is 6.61 Å². The first-order valence-electron chi connectivity index (χ1n) is 3.74. The SMILES string of the molecule is [CH2]COc1cccc(C)c1C. The Morgan fingerprint density at radius 1 is 1.36 bits per heavy atom. The van der Waals surface area contributed by atoms with Gasteiger partial charge in [-0.15, -0.1) is 0 Å². The lowest BCUT2D eigenvalue weighted by molar-refractivity contribution is 0.358. The molecular weight excluding hydrogens is 136 g/mol. The fourth-order valence-corrected chi connectivity index (χ4v) is 0.990. The van der Waals surface area contributed by atoms with Crippen molar-refractivity contribution in [2.45, 2.75) is 13.8 Å². The molecule has 0 N–H and O–H groups in total. The van der Waals surface area contributed by atoms with Crippen LogP contribution in [0.4, 0.5) is 0 Å². The van der Waals surface area contributed by atoms with E-state index in [1.807, 2.05) is 12.1 Å². The summed E-state index contributed by atoms with van der Waals surface area (Å²) >= 11 is 0. The molecule has 1 nitrogen and oxygen atoms in total. The van der Waals surface area contributed by atoms with Crippen molar-refractivity contribution in [2.24, 2.45) is 0 Å². The summed E-state index contributed by atoms with van der Waals surface area (Å²) in [6.07, 6.45) is 0. The maximum absolute atomic E-state index is 5.31. The third-order valence-corrected chi connectivity index (χ3v) is 1.81. The van der Waals surface area contributed by atoms with Gasteiger partial charge in [0.15, 0.2) is 0 Å². The zero-order valence-corrected chi connectivity index (χ0v) is 7.05. The molecule has 1 aromatic rings. The van der Waals surface area contributed by atoms with E-state index in [4.69, 9.17) is 4.74 Å². The number of aryl methyl sites for hydroxylation is 1. The van der Waals surface area contributed by atoms with Crippen molar-refractivity contribution in [3.05, 3.63) is 36.2 Å². The van der Waals surface area contributed by atoms with E-state index < -0.39 is 0 Å². The van der Waals surface area contributed by atoms with Gasteiger partial charge in [-0.25, -0.2) is 0 Å². The summed E-state index contributed by atoms with van der Waals surface area (Å²) in [5.74, 6) is 0.944. The molecule has 0 heterocycles. The molecule has 0 amide bonds. The highest BCUT2D eigenvalue weighted by Crippen LogP contribution is 2.19. The van der Waals surface area contributed by atoms with Crippen molar-refractivity contribution in [3.63, 3.8) is 0 Å². The number of hydrogen-bond donors (Lipinski definition) is 0. The molecule has 0 saturated carbocycles. The fraction of sp³-hybridized carbons (Fsp3) is 0.300. The van der Waals surface area contributed by atoms with Gasteiger partial charge in [-0.1, -0.05) is 12.1 Å². The van der Waals surface area contributed by atoms with Crippen molar-refractivity contribution >= 4 is 0 Å². The van der Waals surface area contributed by atoms with Gasteiger partial charge in [0.2, 0.25) is 0 Å². The zero-order valence-electron chi connectivity index (χ0n) is 7.05. The van der Waals surface area contributed by atoms with Gasteiger partial charge >= 0.3 is 0 Å². The van der Waals surface area contributed by atoms with Crippen molar-refractivity contribution in [2.75, 3.05) is 6.61 Å². The van der Waals surface area contributed by atoms with Crippen molar-refractivity contribution in [1.29, 1.82) is 0 Å². The highest BCUT2D eigenvalue weighted by atomic mass is 16.5. The zero-order chi connectivity index (χ0) is 8.27. The minimum atomic E-state index is 0.490. The van der Waals surface area contributed by atoms with E-state index in [1.54, 1.807) is 0 Å². The van der Waals surface area contributed by atoms with E-state index in [0.717, 1.165) is 5.75 Å². The van der Waals surface area contributed by atoms with E-state index in [1.165, 1.54) is 11.1 Å². The van der Waals surface area contributed by atoms with Gasteiger partial charge in [0.05, 0.1) is 6.61 Å². The van der Waals surface area contributed by atoms with Crippen LogP contribution >= 0.6 is 0 Å². The van der Waals surface area contributed by atoms with Gasteiger partial charge in [-0.2, -0.15) is 0 Å². The molecule has 1 radical (unpaired) electrons. The molecule has 0 fully saturated rings. The van der Waals surface area contributed by atoms with E-state index in [-0.39, 0.29) is 0 Å². The van der Waals surface area contributed by atoms with Gasteiger partial charge in [0, 0.05) is 0 Å². The summed E-state index contributed by atoms with van der Waals surface area (Å²) in [5, 5.41) is 0. The van der Waals surface area contributed by atoms with Gasteiger partial charge in [-0.05, 0) is 38.0 Å². The predicted molar refractivity (Wildman–Crippen MR) is 46.8 cm³/mol. The second-order valence-electron chi connectivity index (χ2n) is 2.55. The molecular formula is C10H13O. The van der Waals surface area contributed by atoms with E-state index in [9.17, 15) is 0 Å². The lowest BCUT2D eigenvalue weighted by Gasteiger charge is -2.07. The fourth-order valence-electron chi connectivity index (χ4n) is 0.990. The normalized spacial score (nSPS) is 9.73. The van der Waals surface area contributed by atoms with Gasteiger partial charge in [-0.3, -0.25) is 0 Å². The van der Waals surface area contributed by atoms with Gasteiger partial charge in [0.25, 0.3) is 0 Å². The van der Waals surface area contributed by atoms with Crippen LogP contribution in [0, 0.1) is 20.8 Å². The summed E-state index contributed by atoms with van der Waals surface area (Å²) in [7, 11) is 0. The van der Waals surface area contributed by atoms with Crippen LogP contribution in [0.2, 0.25) is 0 Å². The molecule has 0 saturated heterocycles. The maximum Gasteiger partial charge on any atom is 0.122 e. The molecule has 11 heavy (non-hydrogen) atoms. The summed E-state index contributed by atoms with van der Waals surface area (Å²) < 4.78 is 5.31. The highest BCUT2D eigenvalue weighted by Gasteiger charge is 1.98. The molecule has 0 atom stereocenters. The molecule has 1 rings (SSSR count). The lowest BCUT2D eigenvalue weighted by Crippen LogP contribution is -1.94. The van der Waals surface area contributed by atoms with Crippen LogP contribution in [0.25, 0.3) is 0 Å². The average molecular weight is 149 g/mol. The van der Waals surface area contributed by atoms with Crippen LogP contribution < -0.4 is 4.74 Å². The largest absolute Gasteiger partial charge is 0.493 e. The van der Waals surface area contributed by atoms with Gasteiger partial charge in [0.1, 0.15) is 5.75 Å². The summed E-state index contributed by atoms with van der Waals surface area (Å²) in [6.45, 7) is 8.25. The Kier molecular flexibility index (Phi) is 2.53. The highest BCUT2D eigenvalue weighted by molar-refractivity contribution is 5.38. The second-order valence-corrected chi connectivity index (χ2v) is 2.55. The summed E-state index contributed by atoms with van der Waals surface area (Å²) in [5.41, 5.74) is 2.46. The van der Waals surface area contributed by atoms with Crippen LogP contribution in [0.5, 0.6) is 5.75 Å². The average Bonchev–Trinajstić information content (AvgIpc) is 1.99. The molecule has 0 aliphatic rings. The molecule has 1 aromatic carbocycles. The van der Waals surface area contributed by atoms with Gasteiger partial charge < -0.3 is 4.74 Å². The molecule has 0 aliphatic heterocycles. The Balaban J connectivity index is 2.96. The Morgan fingerprint density at radius 2 is 2.09 bits per heavy atom. The standard InChI is InChI=1S/C10H13O/c1-4-11-10-7-5-6-8(2)9(10)3/h5-7H,1,4H2,2-3H3. The lowest BCUT2D eigenvalue weighted by atomic mass is 10.1. The van der Waals surface area contributed by atoms with E-state index >= 15 is 0 Å². The quantitative estimate of drug-likeness (QED) is 0.627. The first-order chi connectivity index (χ1) is 5.25. The van der Waals surface area contributed by atoms with Crippen LogP contribution in [-0.2, 0) is 0 Å². The molecule has 0 aromatic heterocycles. The van der Waals surface area contributed by atoms with E-state index in [2.05, 4.69) is 26.8 Å². The van der Waals surface area contributed by atoms with Crippen molar-refractivity contribution in [3.8, 4) is 5.75 Å².